The van der Waals surface area contributed by atoms with Crippen molar-refractivity contribution in [3.05, 3.63) is 32.4 Å². The van der Waals surface area contributed by atoms with Crippen molar-refractivity contribution in [2.75, 3.05) is 0 Å². The van der Waals surface area contributed by atoms with Gasteiger partial charge < -0.3 is 5.11 Å². The lowest BCUT2D eigenvalue weighted by Gasteiger charge is -2.14. The third-order valence-electron chi connectivity index (χ3n) is 2.09. The number of benzene rings is 1. The van der Waals surface area contributed by atoms with Crippen LogP contribution in [-0.2, 0) is 18.5 Å². The van der Waals surface area contributed by atoms with Crippen LogP contribution in [0.5, 0.6) is 0 Å². The molecule has 1 aromatic rings. The summed E-state index contributed by atoms with van der Waals surface area (Å²) < 4.78 is 95.2. The molecule has 20 heavy (non-hydrogen) atoms. The number of carboxylic acids is 1. The van der Waals surface area contributed by atoms with E-state index >= 15 is 0 Å². The molecule has 1 rings (SSSR count). The standard InChI is InChI=1S/C9H3F6IO4/c10-8(11,12)3-1-4(7(17)18)6(16(19)20)5(2-3)9(13,14)15/h1-2H,(H,17,18). The number of hydrogen-bond acceptors (Lipinski definition) is 3. The minimum absolute atomic E-state index is 0.132. The molecule has 0 aromatic heterocycles. The summed E-state index contributed by atoms with van der Waals surface area (Å²) in [7, 11) is 0. The highest BCUT2D eigenvalue weighted by Gasteiger charge is 2.41. The van der Waals surface area contributed by atoms with Gasteiger partial charge in [0.2, 0.25) is 0 Å². The maximum atomic E-state index is 12.6. The molecule has 4 nitrogen and oxygen atoms in total. The highest BCUT2D eigenvalue weighted by atomic mass is 127. The Morgan fingerprint density at radius 1 is 1.00 bits per heavy atom. The first-order valence-corrected chi connectivity index (χ1v) is 7.30. The van der Waals surface area contributed by atoms with Crippen molar-refractivity contribution in [2.24, 2.45) is 0 Å². The number of halogens is 7. The Bertz CT molecular complexity index is 621. The fourth-order valence-corrected chi connectivity index (χ4v) is 3.11. The zero-order chi connectivity index (χ0) is 15.9. The summed E-state index contributed by atoms with van der Waals surface area (Å²) in [5.41, 5.74) is -5.55. The highest BCUT2D eigenvalue weighted by molar-refractivity contribution is 14.2. The van der Waals surface area contributed by atoms with Crippen LogP contribution in [0.2, 0.25) is 0 Å². The fourth-order valence-electron chi connectivity index (χ4n) is 1.32. The molecule has 0 amide bonds. The van der Waals surface area contributed by atoms with Crippen molar-refractivity contribution in [3.63, 3.8) is 0 Å². The van der Waals surface area contributed by atoms with Crippen LogP contribution in [0.15, 0.2) is 12.1 Å². The second kappa shape index (κ2) is 5.18. The molecule has 0 bridgehead atoms. The third kappa shape index (κ3) is 3.37. The monoisotopic (exact) mass is 416 g/mol. The van der Waals surface area contributed by atoms with Gasteiger partial charge in [-0.2, -0.15) is 26.3 Å². The Balaban J connectivity index is 3.88. The van der Waals surface area contributed by atoms with Gasteiger partial charge in [0.25, 0.3) is 0 Å². The molecule has 0 radical (unpaired) electrons. The molecule has 11 heteroatoms. The van der Waals surface area contributed by atoms with E-state index in [1.807, 2.05) is 0 Å². The first-order valence-electron chi connectivity index (χ1n) is 4.46. The Morgan fingerprint density at radius 3 is 1.80 bits per heavy atom. The average molecular weight is 416 g/mol. The lowest BCUT2D eigenvalue weighted by atomic mass is 10.0. The largest absolute Gasteiger partial charge is 0.478 e. The van der Waals surface area contributed by atoms with Gasteiger partial charge in [-0.3, -0.25) is 0 Å². The molecule has 112 valence electrons. The molecule has 0 unspecified atom stereocenters. The molecule has 0 aliphatic carbocycles. The van der Waals surface area contributed by atoms with Crippen LogP contribution in [0.25, 0.3) is 0 Å². The Hall–Kier alpha value is -1.40. The highest BCUT2D eigenvalue weighted by Crippen LogP contribution is 2.41. The van der Waals surface area contributed by atoms with E-state index in [9.17, 15) is 37.3 Å². The molecule has 0 atom stereocenters. The van der Waals surface area contributed by atoms with E-state index in [0.717, 1.165) is 0 Å². The molecule has 1 N–H and O–H groups in total. The average Bonchev–Trinajstić information content (AvgIpc) is 2.24. The van der Waals surface area contributed by atoms with Crippen LogP contribution in [0, 0.1) is 3.57 Å². The number of rotatable bonds is 2. The van der Waals surface area contributed by atoms with Crippen molar-refractivity contribution >= 4 is 25.8 Å². The Kier molecular flexibility index (Phi) is 4.31. The van der Waals surface area contributed by atoms with Gasteiger partial charge in [-0.15, -0.1) is 0 Å². The summed E-state index contributed by atoms with van der Waals surface area (Å²) in [6.07, 6.45) is -10.7. The van der Waals surface area contributed by atoms with Gasteiger partial charge >= 0.3 is 38.1 Å². The predicted octanol–water partition coefficient (Wildman–Crippen LogP) is 3.79. The molecule has 1 aromatic carbocycles. The van der Waals surface area contributed by atoms with Gasteiger partial charge in [0, 0.05) is 0 Å². The van der Waals surface area contributed by atoms with Gasteiger partial charge in [0.1, 0.15) is 3.57 Å². The molecular weight excluding hydrogens is 413 g/mol. The van der Waals surface area contributed by atoms with E-state index in [1.165, 1.54) is 0 Å². The molecule has 0 aliphatic heterocycles. The van der Waals surface area contributed by atoms with E-state index in [-0.39, 0.29) is 6.07 Å². The van der Waals surface area contributed by atoms with Crippen LogP contribution in [0.1, 0.15) is 21.5 Å². The third-order valence-corrected chi connectivity index (χ3v) is 4.13. The molecule has 0 heterocycles. The van der Waals surface area contributed by atoms with Crippen molar-refractivity contribution in [1.29, 1.82) is 0 Å². The second-order valence-electron chi connectivity index (χ2n) is 3.40. The van der Waals surface area contributed by atoms with Crippen LogP contribution >= 0.6 is 19.8 Å². The van der Waals surface area contributed by atoms with Crippen molar-refractivity contribution < 1.29 is 42.4 Å². The smallest absolute Gasteiger partial charge is 0.417 e. The maximum Gasteiger partial charge on any atom is 0.417 e. The van der Waals surface area contributed by atoms with Crippen molar-refractivity contribution in [1.82, 2.24) is 0 Å². The van der Waals surface area contributed by atoms with Gasteiger partial charge in [0.15, 0.2) is 0 Å². The summed E-state index contributed by atoms with van der Waals surface area (Å²) in [5, 5.41) is 8.61. The molecule has 0 saturated heterocycles. The van der Waals surface area contributed by atoms with Gasteiger partial charge in [-0.1, -0.05) is 0 Å². The van der Waals surface area contributed by atoms with Crippen LogP contribution in [-0.4, -0.2) is 11.1 Å². The number of hydrogen-bond donors (Lipinski definition) is 1. The van der Waals surface area contributed by atoms with E-state index < -0.39 is 64.4 Å². The van der Waals surface area contributed by atoms with E-state index in [0.29, 0.717) is 0 Å². The summed E-state index contributed by atoms with van der Waals surface area (Å²) in [6.45, 7) is 0. The minimum Gasteiger partial charge on any atom is -0.478 e. The van der Waals surface area contributed by atoms with Gasteiger partial charge in [0.05, 0.1) is 16.7 Å². The van der Waals surface area contributed by atoms with E-state index in [2.05, 4.69) is 0 Å². The lowest BCUT2D eigenvalue weighted by Crippen LogP contribution is -2.16. The predicted molar refractivity (Wildman–Crippen MR) is 57.5 cm³/mol. The first kappa shape index (κ1) is 16.7. The quantitative estimate of drug-likeness (QED) is 0.589. The normalized spacial score (nSPS) is 12.8. The maximum absolute atomic E-state index is 12.6. The fraction of sp³-hybridized carbons (Fsp3) is 0.222. The van der Waals surface area contributed by atoms with Crippen LogP contribution < -0.4 is 0 Å². The minimum atomic E-state index is -5.43. The van der Waals surface area contributed by atoms with Gasteiger partial charge in [-0.25, -0.2) is 10.9 Å². The lowest BCUT2D eigenvalue weighted by molar-refractivity contribution is -0.143. The van der Waals surface area contributed by atoms with Crippen molar-refractivity contribution in [2.45, 2.75) is 12.4 Å². The van der Waals surface area contributed by atoms with Crippen molar-refractivity contribution in [3.8, 4) is 0 Å². The molecule has 0 fully saturated rings. The second-order valence-corrected chi connectivity index (χ2v) is 5.72. The number of alkyl halides is 6. The molecule has 0 spiro atoms. The van der Waals surface area contributed by atoms with Gasteiger partial charge in [-0.05, 0) is 12.1 Å². The zero-order valence-electron chi connectivity index (χ0n) is 8.97. The van der Waals surface area contributed by atoms with Crippen LogP contribution in [0.4, 0.5) is 26.3 Å². The SMILES string of the molecule is O=C(O)c1cc(C(F)(F)F)cc(C(F)(F)F)c1I(=O)=O. The number of carbonyl (C=O) groups is 1. The summed E-state index contributed by atoms with van der Waals surface area (Å²) >= 11 is -4.99. The summed E-state index contributed by atoms with van der Waals surface area (Å²) in [4.78, 5) is 10.7. The van der Waals surface area contributed by atoms with Crippen LogP contribution in [0.3, 0.4) is 0 Å². The first-order chi connectivity index (χ1) is 8.85. The molecule has 0 aliphatic rings. The molecular formula is C9H3F6IO4. The van der Waals surface area contributed by atoms with E-state index in [4.69, 9.17) is 5.11 Å². The molecule has 0 saturated carbocycles. The number of carboxylic acid groups (broad SMARTS) is 1. The summed E-state index contributed by atoms with van der Waals surface area (Å²) in [5.74, 6) is -2.19. The summed E-state index contributed by atoms with van der Waals surface area (Å²) in [6, 6.07) is -0.546. The zero-order valence-corrected chi connectivity index (χ0v) is 11.1. The van der Waals surface area contributed by atoms with E-state index in [1.54, 1.807) is 0 Å². The topological polar surface area (TPSA) is 71.4 Å². The Morgan fingerprint density at radius 2 is 1.50 bits per heavy atom. The number of aromatic carboxylic acids is 1. The Labute approximate surface area is 113 Å².